The van der Waals surface area contributed by atoms with E-state index in [1.165, 1.54) is 11.1 Å². The van der Waals surface area contributed by atoms with Crippen molar-refractivity contribution in [3.05, 3.63) is 41.2 Å². The molecule has 0 bridgehead atoms. The predicted molar refractivity (Wildman–Crippen MR) is 112 cm³/mol. The van der Waals surface area contributed by atoms with Crippen LogP contribution in [0.5, 0.6) is 0 Å². The summed E-state index contributed by atoms with van der Waals surface area (Å²) in [6, 6.07) is 4.22. The number of aliphatic carboxylic acids is 1. The van der Waals surface area contributed by atoms with Gasteiger partial charge in [-0.05, 0) is 35.6 Å². The lowest BCUT2D eigenvalue weighted by Gasteiger charge is -2.28. The number of carboxylic acid groups (broad SMARTS) is 1. The van der Waals surface area contributed by atoms with Crippen LogP contribution in [0, 0.1) is 6.92 Å². The Kier molecular flexibility index (Phi) is 7.23. The number of halogens is 3. The minimum atomic E-state index is -5.08. The van der Waals surface area contributed by atoms with Crippen molar-refractivity contribution in [1.29, 1.82) is 0 Å². The molecule has 1 aliphatic rings. The van der Waals surface area contributed by atoms with Gasteiger partial charge >= 0.3 is 12.1 Å². The Morgan fingerprint density at radius 3 is 2.68 bits per heavy atom. The van der Waals surface area contributed by atoms with Crippen LogP contribution in [0.15, 0.2) is 30.0 Å². The number of thiophene rings is 1. The molecule has 0 saturated carbocycles. The molecular weight excluding hydrogens is 433 g/mol. The molecule has 3 N–H and O–H groups in total. The van der Waals surface area contributed by atoms with Gasteiger partial charge in [0.1, 0.15) is 22.8 Å². The molecule has 12 heteroatoms. The summed E-state index contributed by atoms with van der Waals surface area (Å²) in [7, 11) is 0. The van der Waals surface area contributed by atoms with E-state index in [4.69, 9.17) is 9.90 Å². The maximum absolute atomic E-state index is 10.6. The Morgan fingerprint density at radius 2 is 2.00 bits per heavy atom. The number of nitrogens with one attached hydrogen (secondary N) is 2. The number of carbonyl (C=O) groups is 1. The number of hydrogen-bond acceptors (Lipinski definition) is 8. The number of aryl methyl sites for hydroxylation is 1. The molecule has 4 rings (SSSR count). The highest BCUT2D eigenvalue weighted by Gasteiger charge is 2.38. The molecule has 1 aliphatic heterocycles. The first kappa shape index (κ1) is 22.7. The molecule has 0 unspecified atom stereocenters. The number of fused-ring (bicyclic) bond motifs is 1. The number of pyridine rings is 1. The Balaban J connectivity index is 0.000000339. The van der Waals surface area contributed by atoms with Gasteiger partial charge in [0, 0.05) is 38.9 Å². The molecule has 3 aromatic rings. The van der Waals surface area contributed by atoms with Crippen molar-refractivity contribution >= 4 is 39.2 Å². The number of aromatic nitrogens is 3. The highest BCUT2D eigenvalue weighted by molar-refractivity contribution is 7.17. The smallest absolute Gasteiger partial charge is 0.475 e. The van der Waals surface area contributed by atoms with Crippen molar-refractivity contribution < 1.29 is 23.1 Å². The monoisotopic (exact) mass is 454 g/mol. The van der Waals surface area contributed by atoms with E-state index in [-0.39, 0.29) is 0 Å². The zero-order valence-electron chi connectivity index (χ0n) is 16.6. The second-order valence-corrected chi connectivity index (χ2v) is 7.60. The summed E-state index contributed by atoms with van der Waals surface area (Å²) < 4.78 is 31.7. The molecule has 0 aliphatic carbocycles. The van der Waals surface area contributed by atoms with Gasteiger partial charge in [-0.3, -0.25) is 0 Å². The summed E-state index contributed by atoms with van der Waals surface area (Å²) in [5.74, 6) is -0.804. The number of nitrogens with zero attached hydrogens (tertiary/aromatic N) is 4. The zero-order valence-corrected chi connectivity index (χ0v) is 17.4. The van der Waals surface area contributed by atoms with Gasteiger partial charge < -0.3 is 20.6 Å². The van der Waals surface area contributed by atoms with Gasteiger partial charge in [-0.2, -0.15) is 13.2 Å². The van der Waals surface area contributed by atoms with E-state index in [0.29, 0.717) is 0 Å². The summed E-state index contributed by atoms with van der Waals surface area (Å²) in [5.41, 5.74) is 2.42. The molecule has 0 atom stereocenters. The lowest BCUT2D eigenvalue weighted by atomic mass is 10.2. The average molecular weight is 454 g/mol. The third-order valence-electron chi connectivity index (χ3n) is 4.51. The minimum absolute atomic E-state index is 0.725. The quantitative estimate of drug-likeness (QED) is 0.553. The van der Waals surface area contributed by atoms with Crippen molar-refractivity contribution in [3.63, 3.8) is 0 Å². The third-order valence-corrected chi connectivity index (χ3v) is 5.51. The highest BCUT2D eigenvalue weighted by atomic mass is 32.1. The van der Waals surface area contributed by atoms with Crippen LogP contribution in [0.25, 0.3) is 10.2 Å². The van der Waals surface area contributed by atoms with E-state index in [2.05, 4.69) is 54.9 Å². The first-order chi connectivity index (χ1) is 14.8. The fraction of sp³-hybridized carbons (Fsp3) is 0.368. The van der Waals surface area contributed by atoms with E-state index < -0.39 is 12.1 Å². The normalized spacial score (nSPS) is 14.1. The van der Waals surface area contributed by atoms with Crippen LogP contribution < -0.4 is 15.5 Å². The molecule has 8 nitrogen and oxygen atoms in total. The second-order valence-electron chi connectivity index (χ2n) is 6.74. The fourth-order valence-electron chi connectivity index (χ4n) is 2.97. The average Bonchev–Trinajstić information content (AvgIpc) is 3.14. The Morgan fingerprint density at radius 1 is 1.29 bits per heavy atom. The van der Waals surface area contributed by atoms with Crippen molar-refractivity contribution in [1.82, 2.24) is 20.3 Å². The number of alkyl halides is 3. The molecule has 1 fully saturated rings. The van der Waals surface area contributed by atoms with E-state index in [1.54, 1.807) is 17.7 Å². The zero-order chi connectivity index (χ0) is 22.4. The Labute approximate surface area is 180 Å². The van der Waals surface area contributed by atoms with Gasteiger partial charge in [-0.25, -0.2) is 19.7 Å². The van der Waals surface area contributed by atoms with Crippen LogP contribution in [0.2, 0.25) is 0 Å². The van der Waals surface area contributed by atoms with Gasteiger partial charge in [-0.1, -0.05) is 0 Å². The van der Waals surface area contributed by atoms with E-state index in [1.807, 2.05) is 6.20 Å². The standard InChI is InChI=1S/C17H20N6S.C2HF3O2/c1-12-10-24-17-15(12)16(21-11-22-17)20-9-13-2-3-19-14(8-13)23-6-4-18-5-7-23;3-2(4,5)1(6)7/h2-3,8,10-11,18H,4-7,9H2,1H3,(H,20,21,22);(H,6,7). The van der Waals surface area contributed by atoms with Crippen molar-refractivity contribution in [3.8, 4) is 0 Å². The first-order valence-corrected chi connectivity index (χ1v) is 10.3. The summed E-state index contributed by atoms with van der Waals surface area (Å²) in [5, 5.41) is 17.2. The van der Waals surface area contributed by atoms with E-state index >= 15 is 0 Å². The van der Waals surface area contributed by atoms with E-state index in [0.717, 1.165) is 54.6 Å². The first-order valence-electron chi connectivity index (χ1n) is 9.39. The van der Waals surface area contributed by atoms with Crippen LogP contribution >= 0.6 is 11.3 Å². The largest absolute Gasteiger partial charge is 0.490 e. The SMILES string of the molecule is Cc1csc2ncnc(NCc3ccnc(N4CCNCC4)c3)c12.O=C(O)C(F)(F)F. The van der Waals surface area contributed by atoms with Gasteiger partial charge in [-0.15, -0.1) is 11.3 Å². The summed E-state index contributed by atoms with van der Waals surface area (Å²) >= 11 is 1.66. The molecule has 0 radical (unpaired) electrons. The van der Waals surface area contributed by atoms with E-state index in [9.17, 15) is 13.2 Å². The minimum Gasteiger partial charge on any atom is -0.475 e. The summed E-state index contributed by atoms with van der Waals surface area (Å²) in [4.78, 5) is 25.5. The summed E-state index contributed by atoms with van der Waals surface area (Å²) in [6.07, 6.45) is -1.57. The second kappa shape index (κ2) is 9.88. The summed E-state index contributed by atoms with van der Waals surface area (Å²) in [6.45, 7) is 6.86. The molecule has 166 valence electrons. The maximum Gasteiger partial charge on any atom is 0.490 e. The predicted octanol–water partition coefficient (Wildman–Crippen LogP) is 3.05. The molecule has 3 aromatic heterocycles. The van der Waals surface area contributed by atoms with Crippen LogP contribution in [0.4, 0.5) is 24.8 Å². The number of hydrogen-bond donors (Lipinski definition) is 3. The number of carboxylic acids is 1. The van der Waals surface area contributed by atoms with Gasteiger partial charge in [0.15, 0.2) is 0 Å². The molecule has 0 amide bonds. The molecule has 1 saturated heterocycles. The van der Waals surface area contributed by atoms with Crippen molar-refractivity contribution in [2.75, 3.05) is 36.4 Å². The van der Waals surface area contributed by atoms with Crippen molar-refractivity contribution in [2.45, 2.75) is 19.6 Å². The van der Waals surface area contributed by atoms with Crippen LogP contribution in [0.3, 0.4) is 0 Å². The highest BCUT2D eigenvalue weighted by Crippen LogP contribution is 2.28. The Hall–Kier alpha value is -2.99. The molecule has 0 spiro atoms. The number of rotatable bonds is 4. The van der Waals surface area contributed by atoms with Gasteiger partial charge in [0.05, 0.1) is 5.39 Å². The van der Waals surface area contributed by atoms with Crippen LogP contribution in [-0.2, 0) is 11.3 Å². The molecular formula is C19H21F3N6O2S. The third kappa shape index (κ3) is 6.01. The maximum atomic E-state index is 10.6. The molecule has 0 aromatic carbocycles. The van der Waals surface area contributed by atoms with Crippen LogP contribution in [0.1, 0.15) is 11.1 Å². The molecule has 4 heterocycles. The van der Waals surface area contributed by atoms with Gasteiger partial charge in [0.25, 0.3) is 0 Å². The van der Waals surface area contributed by atoms with Crippen LogP contribution in [-0.4, -0.2) is 58.4 Å². The lowest BCUT2D eigenvalue weighted by molar-refractivity contribution is -0.192. The lowest BCUT2D eigenvalue weighted by Crippen LogP contribution is -2.43. The number of anilines is 2. The molecule has 31 heavy (non-hydrogen) atoms. The number of piperazine rings is 1. The topological polar surface area (TPSA) is 103 Å². The Bertz CT molecular complexity index is 1040. The fourth-order valence-corrected chi connectivity index (χ4v) is 3.86. The van der Waals surface area contributed by atoms with Crippen molar-refractivity contribution in [2.24, 2.45) is 0 Å². The van der Waals surface area contributed by atoms with Gasteiger partial charge in [0.2, 0.25) is 0 Å².